The molecule has 0 aliphatic carbocycles. The van der Waals surface area contributed by atoms with E-state index >= 15 is 0 Å². The summed E-state index contributed by atoms with van der Waals surface area (Å²) in [7, 11) is 1.54. The molecule has 0 spiro atoms. The van der Waals surface area contributed by atoms with Gasteiger partial charge in [-0.3, -0.25) is 14.3 Å². The molecule has 0 fully saturated rings. The summed E-state index contributed by atoms with van der Waals surface area (Å²) in [6, 6.07) is 11.2. The molecule has 0 aliphatic heterocycles. The number of benzene rings is 1. The molecule has 24 heavy (non-hydrogen) atoms. The summed E-state index contributed by atoms with van der Waals surface area (Å²) in [6.45, 7) is 5.90. The van der Waals surface area contributed by atoms with Gasteiger partial charge in [-0.05, 0) is 25.8 Å². The summed E-state index contributed by atoms with van der Waals surface area (Å²) >= 11 is 0. The van der Waals surface area contributed by atoms with Crippen LogP contribution in [0.3, 0.4) is 0 Å². The third-order valence-corrected chi connectivity index (χ3v) is 4.07. The van der Waals surface area contributed by atoms with Gasteiger partial charge in [-0.15, -0.1) is 0 Å². The van der Waals surface area contributed by atoms with Crippen LogP contribution >= 0.6 is 0 Å². The lowest BCUT2D eigenvalue weighted by atomic mass is 10.1. The Morgan fingerprint density at radius 2 is 1.83 bits per heavy atom. The van der Waals surface area contributed by atoms with E-state index in [2.05, 4.69) is 15.7 Å². The third kappa shape index (κ3) is 3.82. The van der Waals surface area contributed by atoms with Gasteiger partial charge in [-0.2, -0.15) is 5.10 Å². The number of amides is 2. The van der Waals surface area contributed by atoms with Gasteiger partial charge >= 0.3 is 0 Å². The van der Waals surface area contributed by atoms with E-state index in [1.54, 1.807) is 11.7 Å². The summed E-state index contributed by atoms with van der Waals surface area (Å²) in [4.78, 5) is 24.5. The van der Waals surface area contributed by atoms with Crippen molar-refractivity contribution in [1.82, 2.24) is 20.4 Å². The van der Waals surface area contributed by atoms with E-state index in [4.69, 9.17) is 0 Å². The minimum Gasteiger partial charge on any atom is -0.354 e. The largest absolute Gasteiger partial charge is 0.354 e. The van der Waals surface area contributed by atoms with Crippen LogP contribution in [0, 0.1) is 0 Å². The molecular formula is C18H24N4O2. The van der Waals surface area contributed by atoms with E-state index in [0.717, 1.165) is 12.0 Å². The highest BCUT2D eigenvalue weighted by Crippen LogP contribution is 2.20. The van der Waals surface area contributed by atoms with Gasteiger partial charge in [-0.1, -0.05) is 37.3 Å². The third-order valence-electron chi connectivity index (χ3n) is 4.07. The Morgan fingerprint density at radius 3 is 2.42 bits per heavy atom. The Balaban J connectivity index is 2.42. The molecule has 0 radical (unpaired) electrons. The molecular weight excluding hydrogens is 304 g/mol. The van der Waals surface area contributed by atoms with E-state index < -0.39 is 0 Å². The van der Waals surface area contributed by atoms with E-state index in [9.17, 15) is 9.59 Å². The predicted molar refractivity (Wildman–Crippen MR) is 93.1 cm³/mol. The molecule has 0 saturated carbocycles. The first-order chi connectivity index (χ1) is 11.5. The highest BCUT2D eigenvalue weighted by Gasteiger charge is 2.23. The average molecular weight is 328 g/mol. The van der Waals surface area contributed by atoms with Crippen LogP contribution in [0.25, 0.3) is 0 Å². The van der Waals surface area contributed by atoms with Crippen molar-refractivity contribution in [2.24, 2.45) is 0 Å². The lowest BCUT2D eigenvalue weighted by molar-refractivity contribution is 0.0925. The number of nitrogens with one attached hydrogen (secondary N) is 2. The zero-order valence-corrected chi connectivity index (χ0v) is 14.5. The van der Waals surface area contributed by atoms with Gasteiger partial charge in [-0.25, -0.2) is 0 Å². The molecule has 2 N–H and O–H groups in total. The number of carbonyl (C=O) groups is 2. The molecule has 0 aliphatic rings. The number of nitrogens with zero attached hydrogens (tertiary/aromatic N) is 2. The van der Waals surface area contributed by atoms with Crippen LogP contribution in [-0.4, -0.2) is 34.7 Å². The predicted octanol–water partition coefficient (Wildman–Crippen LogP) is 2.38. The fourth-order valence-electron chi connectivity index (χ4n) is 2.37. The van der Waals surface area contributed by atoms with Gasteiger partial charge in [0, 0.05) is 19.2 Å². The van der Waals surface area contributed by atoms with Gasteiger partial charge in [0.05, 0.1) is 6.04 Å². The van der Waals surface area contributed by atoms with Gasteiger partial charge in [0.1, 0.15) is 5.69 Å². The Morgan fingerprint density at radius 1 is 1.17 bits per heavy atom. The van der Waals surface area contributed by atoms with Crippen molar-refractivity contribution in [3.05, 3.63) is 53.3 Å². The maximum Gasteiger partial charge on any atom is 0.271 e. The summed E-state index contributed by atoms with van der Waals surface area (Å²) < 4.78 is 1.61. The van der Waals surface area contributed by atoms with Gasteiger partial charge in [0.15, 0.2) is 5.69 Å². The molecule has 128 valence electrons. The molecule has 6 heteroatoms. The first-order valence-electron chi connectivity index (χ1n) is 8.15. The molecule has 0 unspecified atom stereocenters. The quantitative estimate of drug-likeness (QED) is 0.855. The molecule has 2 aromatic rings. The zero-order chi connectivity index (χ0) is 17.7. The average Bonchev–Trinajstić information content (AvgIpc) is 3.06. The van der Waals surface area contributed by atoms with Crippen molar-refractivity contribution in [2.45, 2.75) is 39.3 Å². The Hall–Kier alpha value is -2.63. The minimum atomic E-state index is -0.313. The zero-order valence-electron chi connectivity index (χ0n) is 14.5. The van der Waals surface area contributed by atoms with E-state index in [-0.39, 0.29) is 29.6 Å². The number of rotatable bonds is 6. The Kier molecular flexibility index (Phi) is 5.73. The van der Waals surface area contributed by atoms with Crippen LogP contribution in [0.2, 0.25) is 0 Å². The number of carbonyl (C=O) groups excluding carboxylic acids is 2. The molecule has 1 aromatic carbocycles. The second-order valence-corrected chi connectivity index (χ2v) is 5.81. The van der Waals surface area contributed by atoms with Crippen LogP contribution in [0.5, 0.6) is 0 Å². The lowest BCUT2D eigenvalue weighted by Gasteiger charge is -2.17. The van der Waals surface area contributed by atoms with Crippen LogP contribution in [0.4, 0.5) is 0 Å². The highest BCUT2D eigenvalue weighted by molar-refractivity contribution is 5.98. The molecule has 2 atom stereocenters. The number of hydrogen-bond acceptors (Lipinski definition) is 3. The first kappa shape index (κ1) is 17.7. The minimum absolute atomic E-state index is 0.0522. The summed E-state index contributed by atoms with van der Waals surface area (Å²) in [5, 5.41) is 9.83. The standard InChI is InChI=1S/C18H24N4O2/c1-5-12(2)20-18(24)16-11-15(17(23)19-4)21-22(16)13(3)14-9-7-6-8-10-14/h6-13H,5H2,1-4H3,(H,19,23)(H,20,24)/t12-,13-/m0/s1. The maximum absolute atomic E-state index is 12.6. The van der Waals surface area contributed by atoms with Crippen LogP contribution < -0.4 is 10.6 Å². The van der Waals surface area contributed by atoms with Crippen LogP contribution in [0.15, 0.2) is 36.4 Å². The molecule has 0 saturated heterocycles. The topological polar surface area (TPSA) is 76.0 Å². The number of aromatic nitrogens is 2. The lowest BCUT2D eigenvalue weighted by Crippen LogP contribution is -2.34. The fraction of sp³-hybridized carbons (Fsp3) is 0.389. The highest BCUT2D eigenvalue weighted by atomic mass is 16.2. The molecule has 6 nitrogen and oxygen atoms in total. The number of hydrogen-bond donors (Lipinski definition) is 2. The molecule has 2 rings (SSSR count). The van der Waals surface area contributed by atoms with Crippen molar-refractivity contribution in [3.8, 4) is 0 Å². The normalized spacial score (nSPS) is 13.2. The van der Waals surface area contributed by atoms with Crippen molar-refractivity contribution >= 4 is 11.8 Å². The fourth-order valence-corrected chi connectivity index (χ4v) is 2.37. The van der Waals surface area contributed by atoms with Gasteiger partial charge < -0.3 is 10.6 Å². The first-order valence-corrected chi connectivity index (χ1v) is 8.15. The molecule has 0 bridgehead atoms. The monoisotopic (exact) mass is 328 g/mol. The second kappa shape index (κ2) is 7.77. The van der Waals surface area contributed by atoms with Crippen molar-refractivity contribution in [2.75, 3.05) is 7.05 Å². The van der Waals surface area contributed by atoms with Crippen molar-refractivity contribution in [3.63, 3.8) is 0 Å². The van der Waals surface area contributed by atoms with Crippen molar-refractivity contribution < 1.29 is 9.59 Å². The molecule has 2 amide bonds. The van der Waals surface area contributed by atoms with E-state index in [0.29, 0.717) is 5.69 Å². The summed E-state index contributed by atoms with van der Waals surface area (Å²) in [6.07, 6.45) is 0.830. The molecule has 1 heterocycles. The second-order valence-electron chi connectivity index (χ2n) is 5.81. The maximum atomic E-state index is 12.6. The Bertz CT molecular complexity index is 709. The van der Waals surface area contributed by atoms with Gasteiger partial charge in [0.2, 0.25) is 0 Å². The summed E-state index contributed by atoms with van der Waals surface area (Å²) in [5.41, 5.74) is 1.63. The van der Waals surface area contributed by atoms with Crippen molar-refractivity contribution in [1.29, 1.82) is 0 Å². The van der Waals surface area contributed by atoms with Gasteiger partial charge in [0.25, 0.3) is 11.8 Å². The molecule has 1 aromatic heterocycles. The SMILES string of the molecule is CC[C@H](C)NC(=O)c1cc(C(=O)NC)nn1[C@@H](C)c1ccccc1. The van der Waals surface area contributed by atoms with E-state index in [1.807, 2.05) is 51.1 Å². The van der Waals surface area contributed by atoms with E-state index in [1.165, 1.54) is 6.07 Å². The Labute approximate surface area is 142 Å². The summed E-state index contributed by atoms with van der Waals surface area (Å²) in [5.74, 6) is -0.540. The smallest absolute Gasteiger partial charge is 0.271 e. The van der Waals surface area contributed by atoms with Crippen LogP contribution in [0.1, 0.15) is 59.8 Å². The van der Waals surface area contributed by atoms with Crippen LogP contribution in [-0.2, 0) is 0 Å².